The van der Waals surface area contributed by atoms with Crippen LogP contribution in [0.15, 0.2) is 16.7 Å². The third-order valence-electron chi connectivity index (χ3n) is 3.58. The Morgan fingerprint density at radius 3 is 2.76 bits per heavy atom. The van der Waals surface area contributed by atoms with Crippen molar-refractivity contribution in [1.29, 1.82) is 0 Å². The molecule has 1 aliphatic carbocycles. The van der Waals surface area contributed by atoms with Gasteiger partial charge < -0.3 is 10.3 Å². The van der Waals surface area contributed by atoms with Crippen LogP contribution in [0.4, 0.5) is 0 Å². The first kappa shape index (κ1) is 12.7. The van der Waals surface area contributed by atoms with E-state index in [-0.39, 0.29) is 5.91 Å². The number of rotatable bonds is 3. The van der Waals surface area contributed by atoms with Gasteiger partial charge in [0.25, 0.3) is 5.91 Å². The maximum absolute atomic E-state index is 11.8. The van der Waals surface area contributed by atoms with Gasteiger partial charge in [0.2, 0.25) is 0 Å². The Bertz CT molecular complexity index is 381. The normalized spacial score (nSPS) is 24.6. The molecule has 17 heavy (non-hydrogen) atoms. The van der Waals surface area contributed by atoms with Crippen molar-refractivity contribution in [2.24, 2.45) is 11.8 Å². The molecule has 0 aromatic carbocycles. The average molecular weight is 299 g/mol. The van der Waals surface area contributed by atoms with Gasteiger partial charge >= 0.3 is 0 Å². The molecule has 0 unspecified atom stereocenters. The third kappa shape index (κ3) is 3.60. The average Bonchev–Trinajstić information content (AvgIpc) is 2.75. The molecule has 1 fully saturated rings. The Kier molecular flexibility index (Phi) is 4.26. The summed E-state index contributed by atoms with van der Waals surface area (Å²) in [5.41, 5.74) is 0.626. The van der Waals surface area contributed by atoms with Crippen LogP contribution in [-0.2, 0) is 0 Å². The summed E-state index contributed by atoms with van der Waals surface area (Å²) in [6.45, 7) is 3.12. The Morgan fingerprint density at radius 2 is 2.18 bits per heavy atom. The monoisotopic (exact) mass is 298 g/mol. The number of halogens is 1. The summed E-state index contributed by atoms with van der Waals surface area (Å²) in [6.07, 6.45) is 6.87. The number of hydrogen-bond donors (Lipinski definition) is 2. The first-order valence-corrected chi connectivity index (χ1v) is 7.06. The van der Waals surface area contributed by atoms with Crippen LogP contribution in [0.2, 0.25) is 0 Å². The number of aromatic amines is 1. The van der Waals surface area contributed by atoms with Crippen LogP contribution >= 0.6 is 15.9 Å². The molecule has 0 aliphatic heterocycles. The smallest absolute Gasteiger partial charge is 0.267 e. The van der Waals surface area contributed by atoms with Gasteiger partial charge in [-0.3, -0.25) is 4.79 Å². The minimum atomic E-state index is -0.00526. The highest BCUT2D eigenvalue weighted by atomic mass is 79.9. The molecule has 1 heterocycles. The van der Waals surface area contributed by atoms with Gasteiger partial charge in [-0.1, -0.05) is 19.8 Å². The highest BCUT2D eigenvalue weighted by Crippen LogP contribution is 2.27. The molecule has 0 radical (unpaired) electrons. The minimum Gasteiger partial charge on any atom is -0.356 e. The van der Waals surface area contributed by atoms with Crippen molar-refractivity contribution in [3.8, 4) is 0 Å². The number of nitrogens with one attached hydrogen (secondary N) is 2. The zero-order valence-corrected chi connectivity index (χ0v) is 11.7. The van der Waals surface area contributed by atoms with Crippen molar-refractivity contribution in [3.05, 3.63) is 22.4 Å². The van der Waals surface area contributed by atoms with E-state index in [4.69, 9.17) is 0 Å². The SMILES string of the molecule is CC1CCC(CNC(=O)c2cc(Br)c[nH]2)CC1. The van der Waals surface area contributed by atoms with Crippen LogP contribution in [0.3, 0.4) is 0 Å². The van der Waals surface area contributed by atoms with E-state index in [2.05, 4.69) is 33.2 Å². The molecule has 0 saturated heterocycles. The Labute approximate surface area is 110 Å². The van der Waals surface area contributed by atoms with Crippen molar-refractivity contribution in [2.75, 3.05) is 6.54 Å². The van der Waals surface area contributed by atoms with Crippen molar-refractivity contribution >= 4 is 21.8 Å². The van der Waals surface area contributed by atoms with Gasteiger partial charge in [0.15, 0.2) is 0 Å². The lowest BCUT2D eigenvalue weighted by Gasteiger charge is -2.26. The standard InChI is InChI=1S/C13H19BrN2O/c1-9-2-4-10(5-3-9)7-16-13(17)12-6-11(14)8-15-12/h6,8-10,15H,2-5,7H2,1H3,(H,16,17). The lowest BCUT2D eigenvalue weighted by molar-refractivity contribution is 0.0937. The maximum Gasteiger partial charge on any atom is 0.267 e. The highest BCUT2D eigenvalue weighted by Gasteiger charge is 2.19. The Balaban J connectivity index is 1.76. The number of hydrogen-bond acceptors (Lipinski definition) is 1. The number of amides is 1. The zero-order chi connectivity index (χ0) is 12.3. The summed E-state index contributed by atoms with van der Waals surface area (Å²) in [5.74, 6) is 1.52. The van der Waals surface area contributed by atoms with Crippen molar-refractivity contribution in [1.82, 2.24) is 10.3 Å². The molecular weight excluding hydrogens is 280 g/mol. The molecule has 0 bridgehead atoms. The number of carbonyl (C=O) groups excluding carboxylic acids is 1. The van der Waals surface area contributed by atoms with Crippen molar-refractivity contribution in [2.45, 2.75) is 32.6 Å². The van der Waals surface area contributed by atoms with E-state index in [1.165, 1.54) is 25.7 Å². The van der Waals surface area contributed by atoms with Gasteiger partial charge in [-0.2, -0.15) is 0 Å². The molecule has 3 nitrogen and oxygen atoms in total. The van der Waals surface area contributed by atoms with Crippen LogP contribution in [0, 0.1) is 11.8 Å². The molecule has 2 rings (SSSR count). The van der Waals surface area contributed by atoms with Crippen LogP contribution in [0.5, 0.6) is 0 Å². The fourth-order valence-corrected chi connectivity index (χ4v) is 2.71. The van der Waals surface area contributed by atoms with Crippen molar-refractivity contribution < 1.29 is 4.79 Å². The predicted octanol–water partition coefficient (Wildman–Crippen LogP) is 3.33. The van der Waals surface area contributed by atoms with E-state index in [0.29, 0.717) is 11.6 Å². The van der Waals surface area contributed by atoms with Crippen molar-refractivity contribution in [3.63, 3.8) is 0 Å². The van der Waals surface area contributed by atoms with Gasteiger partial charge in [0.1, 0.15) is 5.69 Å². The topological polar surface area (TPSA) is 44.9 Å². The summed E-state index contributed by atoms with van der Waals surface area (Å²) in [6, 6.07) is 1.80. The lowest BCUT2D eigenvalue weighted by atomic mass is 9.83. The molecule has 1 aliphatic rings. The van der Waals surface area contributed by atoms with Gasteiger partial charge in [-0.05, 0) is 46.7 Å². The predicted molar refractivity (Wildman–Crippen MR) is 71.9 cm³/mol. The van der Waals surface area contributed by atoms with E-state index in [0.717, 1.165) is 16.9 Å². The van der Waals surface area contributed by atoms with E-state index in [1.54, 1.807) is 12.3 Å². The minimum absolute atomic E-state index is 0.00526. The van der Waals surface area contributed by atoms with E-state index < -0.39 is 0 Å². The highest BCUT2D eigenvalue weighted by molar-refractivity contribution is 9.10. The van der Waals surface area contributed by atoms with E-state index in [9.17, 15) is 4.79 Å². The quantitative estimate of drug-likeness (QED) is 0.883. The van der Waals surface area contributed by atoms with Crippen LogP contribution in [0.25, 0.3) is 0 Å². The fourth-order valence-electron chi connectivity index (χ4n) is 2.36. The van der Waals surface area contributed by atoms with Gasteiger partial charge in [-0.25, -0.2) is 0 Å². The number of carbonyl (C=O) groups is 1. The Hall–Kier alpha value is -0.770. The maximum atomic E-state index is 11.8. The van der Waals surface area contributed by atoms with Gasteiger partial charge in [-0.15, -0.1) is 0 Å². The second-order valence-electron chi connectivity index (χ2n) is 5.07. The summed E-state index contributed by atoms with van der Waals surface area (Å²) < 4.78 is 0.911. The van der Waals surface area contributed by atoms with Gasteiger partial charge in [0, 0.05) is 17.2 Å². The van der Waals surface area contributed by atoms with Crippen LogP contribution < -0.4 is 5.32 Å². The summed E-state index contributed by atoms with van der Waals surface area (Å²) >= 11 is 3.32. The molecule has 1 saturated carbocycles. The molecule has 0 spiro atoms. The summed E-state index contributed by atoms with van der Waals surface area (Å²) in [7, 11) is 0. The lowest BCUT2D eigenvalue weighted by Crippen LogP contribution is -2.31. The second kappa shape index (κ2) is 5.71. The molecule has 0 atom stereocenters. The zero-order valence-electron chi connectivity index (χ0n) is 10.1. The molecule has 2 N–H and O–H groups in total. The van der Waals surface area contributed by atoms with E-state index in [1.807, 2.05) is 0 Å². The molecule has 4 heteroatoms. The summed E-state index contributed by atoms with van der Waals surface area (Å²) in [4.78, 5) is 14.7. The first-order chi connectivity index (χ1) is 8.15. The largest absolute Gasteiger partial charge is 0.356 e. The van der Waals surface area contributed by atoms with Crippen LogP contribution in [0.1, 0.15) is 43.1 Å². The van der Waals surface area contributed by atoms with Gasteiger partial charge in [0.05, 0.1) is 0 Å². The van der Waals surface area contributed by atoms with E-state index >= 15 is 0 Å². The fraction of sp³-hybridized carbons (Fsp3) is 0.615. The first-order valence-electron chi connectivity index (χ1n) is 6.27. The number of aromatic nitrogens is 1. The third-order valence-corrected chi connectivity index (χ3v) is 4.04. The number of H-pyrrole nitrogens is 1. The molecule has 1 aromatic rings. The molecule has 94 valence electrons. The molecular formula is C13H19BrN2O. The Morgan fingerprint density at radius 1 is 1.47 bits per heavy atom. The summed E-state index contributed by atoms with van der Waals surface area (Å²) in [5, 5.41) is 3.01. The van der Waals surface area contributed by atoms with Crippen LogP contribution in [-0.4, -0.2) is 17.4 Å². The second-order valence-corrected chi connectivity index (χ2v) is 5.98. The molecule has 1 aromatic heterocycles. The molecule has 1 amide bonds.